The lowest BCUT2D eigenvalue weighted by molar-refractivity contribution is 0.572. The summed E-state index contributed by atoms with van der Waals surface area (Å²) >= 11 is 0. The van der Waals surface area contributed by atoms with E-state index >= 15 is 0 Å². The van der Waals surface area contributed by atoms with Crippen LogP contribution in [0.5, 0.6) is 0 Å². The first-order chi connectivity index (χ1) is 13.0. The molecule has 6 heteroatoms. The topological polar surface area (TPSA) is 62.5 Å². The summed E-state index contributed by atoms with van der Waals surface area (Å²) in [6.07, 6.45) is 1.64. The van der Waals surface area contributed by atoms with Crippen molar-refractivity contribution in [1.29, 1.82) is 0 Å². The average Bonchev–Trinajstić information content (AvgIpc) is 3.14. The van der Waals surface area contributed by atoms with Crippen LogP contribution in [0.25, 0.3) is 11.5 Å². The Morgan fingerprint density at radius 1 is 1.07 bits per heavy atom. The summed E-state index contributed by atoms with van der Waals surface area (Å²) in [4.78, 5) is 8.70. The fourth-order valence-electron chi connectivity index (χ4n) is 2.61. The highest BCUT2D eigenvalue weighted by molar-refractivity contribution is 5.79. The minimum atomic E-state index is -0.198. The predicted molar refractivity (Wildman–Crippen MR) is 105 cm³/mol. The van der Waals surface area contributed by atoms with Gasteiger partial charge in [-0.15, -0.1) is 0 Å². The van der Waals surface area contributed by atoms with Crippen molar-refractivity contribution in [3.63, 3.8) is 0 Å². The number of aryl methyl sites for hydroxylation is 2. The van der Waals surface area contributed by atoms with Crippen LogP contribution in [0, 0.1) is 19.7 Å². The van der Waals surface area contributed by atoms with E-state index in [0.717, 1.165) is 16.8 Å². The van der Waals surface area contributed by atoms with Crippen molar-refractivity contribution in [2.45, 2.75) is 26.9 Å². The summed E-state index contributed by atoms with van der Waals surface area (Å²) in [7, 11) is 1.70. The Kier molecular flexibility index (Phi) is 5.86. The van der Waals surface area contributed by atoms with E-state index in [1.165, 1.54) is 11.6 Å². The van der Waals surface area contributed by atoms with E-state index in [1.54, 1.807) is 26.3 Å². The normalized spacial score (nSPS) is 11.5. The molecule has 0 aliphatic rings. The third-order valence-electron chi connectivity index (χ3n) is 4.19. The van der Waals surface area contributed by atoms with Crippen molar-refractivity contribution in [2.24, 2.45) is 4.99 Å². The minimum Gasteiger partial charge on any atom is -0.444 e. The average molecular weight is 366 g/mol. The highest BCUT2D eigenvalue weighted by Gasteiger charge is 2.07. The van der Waals surface area contributed by atoms with Gasteiger partial charge in [-0.1, -0.05) is 29.8 Å². The smallest absolute Gasteiger partial charge is 0.226 e. The number of rotatable bonds is 5. The zero-order valence-electron chi connectivity index (χ0n) is 15.7. The molecule has 0 aliphatic carbocycles. The molecule has 1 heterocycles. The third-order valence-corrected chi connectivity index (χ3v) is 4.19. The fourth-order valence-corrected chi connectivity index (χ4v) is 2.61. The Balaban J connectivity index is 1.55. The Morgan fingerprint density at radius 3 is 2.52 bits per heavy atom. The standard InChI is InChI=1S/C21H23FN4O/c1-14-4-7-17(8-5-14)20-26-18(13-27-20)12-25-21(23-3)24-11-16-6-9-19(22)15(2)10-16/h4-10,13H,11-12H2,1-3H3,(H2,23,24,25). The summed E-state index contributed by atoms with van der Waals surface area (Å²) < 4.78 is 18.9. The maximum atomic E-state index is 13.3. The van der Waals surface area contributed by atoms with Crippen LogP contribution in [0.1, 0.15) is 22.4 Å². The quantitative estimate of drug-likeness (QED) is 0.530. The highest BCUT2D eigenvalue weighted by atomic mass is 19.1. The fraction of sp³-hybridized carbons (Fsp3) is 0.238. The lowest BCUT2D eigenvalue weighted by Crippen LogP contribution is -2.36. The van der Waals surface area contributed by atoms with E-state index in [-0.39, 0.29) is 5.82 Å². The molecule has 2 N–H and O–H groups in total. The highest BCUT2D eigenvalue weighted by Crippen LogP contribution is 2.19. The first kappa shape index (κ1) is 18.6. The largest absolute Gasteiger partial charge is 0.444 e. The summed E-state index contributed by atoms with van der Waals surface area (Å²) in [6, 6.07) is 13.1. The molecule has 140 valence electrons. The number of benzene rings is 2. The van der Waals surface area contributed by atoms with Crippen LogP contribution in [0.2, 0.25) is 0 Å². The zero-order valence-corrected chi connectivity index (χ0v) is 15.7. The Morgan fingerprint density at radius 2 is 1.81 bits per heavy atom. The molecule has 0 saturated carbocycles. The van der Waals surface area contributed by atoms with E-state index in [0.29, 0.717) is 30.5 Å². The Labute approximate surface area is 158 Å². The number of guanidine groups is 1. The lowest BCUT2D eigenvalue weighted by atomic mass is 10.1. The van der Waals surface area contributed by atoms with Gasteiger partial charge in [-0.25, -0.2) is 9.37 Å². The summed E-state index contributed by atoms with van der Waals surface area (Å²) in [6.45, 7) is 4.83. The zero-order chi connectivity index (χ0) is 19.2. The molecule has 3 rings (SSSR count). The molecule has 0 spiro atoms. The van der Waals surface area contributed by atoms with Gasteiger partial charge in [0.2, 0.25) is 5.89 Å². The summed E-state index contributed by atoms with van der Waals surface area (Å²) in [5.74, 6) is 1.03. The molecule has 0 radical (unpaired) electrons. The lowest BCUT2D eigenvalue weighted by Gasteiger charge is -2.11. The van der Waals surface area contributed by atoms with Crippen LogP contribution < -0.4 is 10.6 Å². The molecule has 5 nitrogen and oxygen atoms in total. The van der Waals surface area contributed by atoms with Gasteiger partial charge in [0.05, 0.1) is 12.2 Å². The molecule has 0 bridgehead atoms. The molecule has 0 atom stereocenters. The molecule has 2 aromatic carbocycles. The van der Waals surface area contributed by atoms with E-state index in [4.69, 9.17) is 4.42 Å². The number of nitrogens with one attached hydrogen (secondary N) is 2. The van der Waals surface area contributed by atoms with Crippen LogP contribution in [0.4, 0.5) is 4.39 Å². The van der Waals surface area contributed by atoms with Crippen molar-refractivity contribution in [2.75, 3.05) is 7.05 Å². The van der Waals surface area contributed by atoms with E-state index in [2.05, 4.69) is 20.6 Å². The number of aliphatic imine (C=N–C) groups is 1. The van der Waals surface area contributed by atoms with Gasteiger partial charge in [0, 0.05) is 19.2 Å². The predicted octanol–water partition coefficient (Wildman–Crippen LogP) is 3.96. The van der Waals surface area contributed by atoms with Gasteiger partial charge < -0.3 is 15.1 Å². The van der Waals surface area contributed by atoms with E-state index < -0.39 is 0 Å². The van der Waals surface area contributed by atoms with Gasteiger partial charge in [0.25, 0.3) is 0 Å². The van der Waals surface area contributed by atoms with Crippen molar-refractivity contribution >= 4 is 5.96 Å². The van der Waals surface area contributed by atoms with Crippen LogP contribution in [-0.2, 0) is 13.1 Å². The second-order valence-electron chi connectivity index (χ2n) is 6.37. The molecule has 0 unspecified atom stereocenters. The summed E-state index contributed by atoms with van der Waals surface area (Å²) in [5, 5.41) is 6.40. The molecule has 0 fully saturated rings. The van der Waals surface area contributed by atoms with Crippen LogP contribution in [0.15, 0.2) is 58.1 Å². The van der Waals surface area contributed by atoms with Crippen molar-refractivity contribution in [1.82, 2.24) is 15.6 Å². The third kappa shape index (κ3) is 4.94. The molecule has 27 heavy (non-hydrogen) atoms. The monoisotopic (exact) mass is 366 g/mol. The maximum absolute atomic E-state index is 13.3. The van der Waals surface area contributed by atoms with Gasteiger partial charge in [-0.2, -0.15) is 0 Å². The van der Waals surface area contributed by atoms with Gasteiger partial charge in [0.1, 0.15) is 12.1 Å². The van der Waals surface area contributed by atoms with Gasteiger partial charge in [-0.05, 0) is 43.2 Å². The minimum absolute atomic E-state index is 0.198. The second kappa shape index (κ2) is 8.49. The summed E-state index contributed by atoms with van der Waals surface area (Å²) in [5.41, 5.74) is 4.54. The first-order valence-corrected chi connectivity index (χ1v) is 8.76. The molecule has 0 amide bonds. The number of hydrogen-bond donors (Lipinski definition) is 2. The number of hydrogen-bond acceptors (Lipinski definition) is 3. The molecular weight excluding hydrogens is 343 g/mol. The first-order valence-electron chi connectivity index (χ1n) is 8.76. The van der Waals surface area contributed by atoms with Crippen LogP contribution >= 0.6 is 0 Å². The van der Waals surface area contributed by atoms with Gasteiger partial charge >= 0.3 is 0 Å². The van der Waals surface area contributed by atoms with Crippen molar-refractivity contribution < 1.29 is 8.81 Å². The van der Waals surface area contributed by atoms with Crippen LogP contribution in [-0.4, -0.2) is 18.0 Å². The van der Waals surface area contributed by atoms with Gasteiger partial charge in [-0.3, -0.25) is 4.99 Å². The Hall–Kier alpha value is -3.15. The maximum Gasteiger partial charge on any atom is 0.226 e. The number of aromatic nitrogens is 1. The molecule has 0 saturated heterocycles. The van der Waals surface area contributed by atoms with E-state index in [9.17, 15) is 4.39 Å². The molecular formula is C21H23FN4O. The van der Waals surface area contributed by atoms with Crippen molar-refractivity contribution in [3.05, 3.63) is 76.9 Å². The van der Waals surface area contributed by atoms with Crippen molar-refractivity contribution in [3.8, 4) is 11.5 Å². The number of oxazole rings is 1. The van der Waals surface area contributed by atoms with Gasteiger partial charge in [0.15, 0.2) is 5.96 Å². The molecule has 1 aromatic heterocycles. The number of halogens is 1. The van der Waals surface area contributed by atoms with Crippen LogP contribution in [0.3, 0.4) is 0 Å². The molecule has 0 aliphatic heterocycles. The molecule has 3 aromatic rings. The number of nitrogens with zero attached hydrogens (tertiary/aromatic N) is 2. The van der Waals surface area contributed by atoms with E-state index in [1.807, 2.05) is 37.3 Å². The SMILES string of the molecule is CN=C(NCc1ccc(F)c(C)c1)NCc1coc(-c2ccc(C)cc2)n1. The Bertz CT molecular complexity index is 932. The second-order valence-corrected chi connectivity index (χ2v) is 6.37.